The smallest absolute Gasteiger partial charge is 0.196 e. The van der Waals surface area contributed by atoms with Crippen molar-refractivity contribution in [3.63, 3.8) is 0 Å². The third-order valence-corrected chi connectivity index (χ3v) is 6.35. The molecule has 4 rings (SSSR count). The van der Waals surface area contributed by atoms with Crippen LogP contribution in [0.3, 0.4) is 0 Å². The molecule has 0 amide bonds. The molecule has 0 aliphatic carbocycles. The number of hydrogen-bond acceptors (Lipinski definition) is 6. The first-order chi connectivity index (χ1) is 15.0. The van der Waals surface area contributed by atoms with E-state index < -0.39 is 0 Å². The van der Waals surface area contributed by atoms with Gasteiger partial charge in [0, 0.05) is 41.0 Å². The van der Waals surface area contributed by atoms with E-state index in [0.29, 0.717) is 5.75 Å². The predicted octanol–water partition coefficient (Wildman–Crippen LogP) is 5.26. The van der Waals surface area contributed by atoms with Gasteiger partial charge in [-0.2, -0.15) is 0 Å². The van der Waals surface area contributed by atoms with Gasteiger partial charge < -0.3 is 4.74 Å². The normalized spacial score (nSPS) is 11.0. The number of aromatic nitrogens is 5. The molecule has 6 nitrogen and oxygen atoms in total. The van der Waals surface area contributed by atoms with Crippen LogP contribution in [-0.2, 0) is 5.75 Å². The lowest BCUT2D eigenvalue weighted by atomic mass is 10.1. The summed E-state index contributed by atoms with van der Waals surface area (Å²) in [6.45, 7) is 8.29. The Balaban J connectivity index is 1.75. The molecule has 3 aromatic heterocycles. The summed E-state index contributed by atoms with van der Waals surface area (Å²) in [7, 11) is 1.70. The maximum Gasteiger partial charge on any atom is 0.196 e. The average Bonchev–Trinajstić information content (AvgIpc) is 3.20. The summed E-state index contributed by atoms with van der Waals surface area (Å²) < 4.78 is 7.66. The third-order valence-electron chi connectivity index (χ3n) is 5.41. The van der Waals surface area contributed by atoms with Crippen LogP contribution in [0.2, 0.25) is 0 Å². The maximum atomic E-state index is 5.56. The van der Waals surface area contributed by atoms with Gasteiger partial charge in [0.25, 0.3) is 0 Å². The molecule has 0 radical (unpaired) electrons. The summed E-state index contributed by atoms with van der Waals surface area (Å²) in [5.41, 5.74) is 7.56. The Labute approximate surface area is 186 Å². The van der Waals surface area contributed by atoms with Gasteiger partial charge in [-0.25, -0.2) is 0 Å². The molecule has 7 heteroatoms. The fourth-order valence-corrected chi connectivity index (χ4v) is 4.47. The van der Waals surface area contributed by atoms with E-state index in [9.17, 15) is 0 Å². The van der Waals surface area contributed by atoms with Crippen LogP contribution >= 0.6 is 11.8 Å². The summed E-state index contributed by atoms with van der Waals surface area (Å²) >= 11 is 1.62. The number of benzene rings is 1. The molecule has 0 N–H and O–H groups in total. The Kier molecular flexibility index (Phi) is 6.04. The molecule has 3 heterocycles. The highest BCUT2D eigenvalue weighted by atomic mass is 32.2. The van der Waals surface area contributed by atoms with E-state index in [1.807, 2.05) is 32.2 Å². The number of aryl methyl sites for hydroxylation is 3. The van der Waals surface area contributed by atoms with Crippen LogP contribution in [0.1, 0.15) is 27.9 Å². The van der Waals surface area contributed by atoms with Crippen molar-refractivity contribution in [2.75, 3.05) is 7.11 Å². The molecule has 0 saturated carbocycles. The van der Waals surface area contributed by atoms with Crippen LogP contribution in [0.5, 0.6) is 5.75 Å². The van der Waals surface area contributed by atoms with Crippen molar-refractivity contribution in [2.24, 2.45) is 0 Å². The second kappa shape index (κ2) is 8.89. The molecule has 0 aliphatic heterocycles. The highest BCUT2D eigenvalue weighted by Gasteiger charge is 2.18. The van der Waals surface area contributed by atoms with E-state index in [1.54, 1.807) is 31.3 Å². The first-order valence-corrected chi connectivity index (χ1v) is 11.0. The molecule has 0 bridgehead atoms. The Bertz CT molecular complexity index is 1220. The van der Waals surface area contributed by atoms with Crippen molar-refractivity contribution in [2.45, 2.75) is 38.6 Å². The topological polar surface area (TPSA) is 65.7 Å². The molecular formula is C24H25N5OS. The first kappa shape index (κ1) is 21.1. The third kappa shape index (κ3) is 4.18. The van der Waals surface area contributed by atoms with Crippen molar-refractivity contribution in [1.82, 2.24) is 24.7 Å². The standard InChI is InChI=1S/C24H25N5OS/c1-15-6-7-20(12-16(15)2)29-23(19-8-10-25-11-9-19)27-28-24(29)31-14-21-18(4)22(30-5)17(3)13-26-21/h6-13H,14H2,1-5H3. The predicted molar refractivity (Wildman–Crippen MR) is 124 cm³/mol. The average molecular weight is 432 g/mol. The molecule has 0 spiro atoms. The number of ether oxygens (including phenoxy) is 1. The molecule has 0 saturated heterocycles. The van der Waals surface area contributed by atoms with E-state index >= 15 is 0 Å². The van der Waals surface area contributed by atoms with E-state index in [2.05, 4.69) is 56.8 Å². The fourth-order valence-electron chi connectivity index (χ4n) is 3.50. The second-order valence-corrected chi connectivity index (χ2v) is 8.42. The van der Waals surface area contributed by atoms with Crippen molar-refractivity contribution in [3.8, 4) is 22.8 Å². The number of thioether (sulfide) groups is 1. The number of methoxy groups -OCH3 is 1. The van der Waals surface area contributed by atoms with Gasteiger partial charge in [-0.1, -0.05) is 17.8 Å². The highest BCUT2D eigenvalue weighted by Crippen LogP contribution is 2.32. The lowest BCUT2D eigenvalue weighted by molar-refractivity contribution is 0.407. The molecule has 0 atom stereocenters. The van der Waals surface area contributed by atoms with Gasteiger partial charge in [-0.05, 0) is 63.1 Å². The molecule has 1 aromatic carbocycles. The summed E-state index contributed by atoms with van der Waals surface area (Å²) in [6, 6.07) is 10.3. The minimum atomic E-state index is 0.668. The molecule has 4 aromatic rings. The van der Waals surface area contributed by atoms with Crippen molar-refractivity contribution in [1.29, 1.82) is 0 Å². The molecule has 0 unspecified atom stereocenters. The van der Waals surface area contributed by atoms with Gasteiger partial charge in [-0.15, -0.1) is 10.2 Å². The van der Waals surface area contributed by atoms with Crippen LogP contribution in [0.4, 0.5) is 0 Å². The van der Waals surface area contributed by atoms with Gasteiger partial charge in [0.1, 0.15) is 5.75 Å². The number of rotatable bonds is 6. The molecule has 31 heavy (non-hydrogen) atoms. The van der Waals surface area contributed by atoms with Crippen LogP contribution in [-0.4, -0.2) is 31.8 Å². The molecule has 0 aliphatic rings. The quantitative estimate of drug-likeness (QED) is 0.388. The Hall–Kier alpha value is -3.19. The summed E-state index contributed by atoms with van der Waals surface area (Å²) in [4.78, 5) is 8.76. The van der Waals surface area contributed by atoms with E-state index in [4.69, 9.17) is 4.74 Å². The van der Waals surface area contributed by atoms with Crippen LogP contribution in [0.15, 0.2) is 54.1 Å². The van der Waals surface area contributed by atoms with Gasteiger partial charge in [0.15, 0.2) is 11.0 Å². The zero-order valence-electron chi connectivity index (χ0n) is 18.4. The molecular weight excluding hydrogens is 406 g/mol. The lowest BCUT2D eigenvalue weighted by Crippen LogP contribution is -2.02. The van der Waals surface area contributed by atoms with Crippen molar-refractivity contribution in [3.05, 3.63) is 76.9 Å². The van der Waals surface area contributed by atoms with Crippen LogP contribution < -0.4 is 4.74 Å². The minimum absolute atomic E-state index is 0.668. The maximum absolute atomic E-state index is 5.56. The van der Waals surface area contributed by atoms with Gasteiger partial charge in [0.05, 0.1) is 18.5 Å². The second-order valence-electron chi connectivity index (χ2n) is 7.48. The monoisotopic (exact) mass is 431 g/mol. The minimum Gasteiger partial charge on any atom is -0.496 e. The number of pyridine rings is 2. The SMILES string of the molecule is COc1c(C)cnc(CSc2nnc(-c3ccncc3)n2-c2ccc(C)c(C)c2)c1C. The van der Waals surface area contributed by atoms with Crippen molar-refractivity contribution >= 4 is 11.8 Å². The van der Waals surface area contributed by atoms with Crippen molar-refractivity contribution < 1.29 is 4.74 Å². The fraction of sp³-hybridized carbons (Fsp3) is 0.250. The van der Waals surface area contributed by atoms with E-state index in [0.717, 1.165) is 44.8 Å². The Morgan fingerprint density at radius 1 is 0.935 bits per heavy atom. The largest absolute Gasteiger partial charge is 0.496 e. The summed E-state index contributed by atoms with van der Waals surface area (Å²) in [6.07, 6.45) is 5.40. The van der Waals surface area contributed by atoms with E-state index in [1.165, 1.54) is 11.1 Å². The molecule has 158 valence electrons. The van der Waals surface area contributed by atoms with Gasteiger partial charge in [-0.3, -0.25) is 14.5 Å². The molecule has 0 fully saturated rings. The number of hydrogen-bond donors (Lipinski definition) is 0. The van der Waals surface area contributed by atoms with Crippen LogP contribution in [0.25, 0.3) is 17.1 Å². The van der Waals surface area contributed by atoms with Gasteiger partial charge >= 0.3 is 0 Å². The summed E-state index contributed by atoms with van der Waals surface area (Å²) in [5.74, 6) is 2.35. The first-order valence-electron chi connectivity index (χ1n) is 10.0. The van der Waals surface area contributed by atoms with Crippen LogP contribution in [0, 0.1) is 27.7 Å². The Morgan fingerprint density at radius 3 is 2.42 bits per heavy atom. The Morgan fingerprint density at radius 2 is 1.71 bits per heavy atom. The highest BCUT2D eigenvalue weighted by molar-refractivity contribution is 7.98. The zero-order valence-corrected chi connectivity index (χ0v) is 19.2. The number of nitrogens with zero attached hydrogens (tertiary/aromatic N) is 5. The lowest BCUT2D eigenvalue weighted by Gasteiger charge is -2.14. The van der Waals surface area contributed by atoms with E-state index in [-0.39, 0.29) is 0 Å². The van der Waals surface area contributed by atoms with Gasteiger partial charge in [0.2, 0.25) is 0 Å². The summed E-state index contributed by atoms with van der Waals surface area (Å²) in [5, 5.41) is 9.85. The zero-order chi connectivity index (χ0) is 22.0.